The maximum Gasteiger partial charge on any atom is 0.258 e. The highest BCUT2D eigenvalue weighted by atomic mass is 32.2. The molecule has 7 heteroatoms. The molecule has 0 unspecified atom stereocenters. The SMILES string of the molecule is CSC(C)(C)CCN1CCN(Cc2ccc3c(c2)CN(C(=O)c2cc(C(C)C)c(O)cc2O)C3)CC1. The van der Waals surface area contributed by atoms with Crippen LogP contribution in [0, 0.1) is 0 Å². The number of amides is 1. The lowest BCUT2D eigenvalue weighted by Crippen LogP contribution is -2.46. The fourth-order valence-corrected chi connectivity index (χ4v) is 5.34. The van der Waals surface area contributed by atoms with E-state index in [-0.39, 0.29) is 28.9 Å². The van der Waals surface area contributed by atoms with Crippen LogP contribution in [0.15, 0.2) is 30.3 Å². The Morgan fingerprint density at radius 2 is 1.64 bits per heavy atom. The molecule has 0 spiro atoms. The Morgan fingerprint density at radius 3 is 2.31 bits per heavy atom. The lowest BCUT2D eigenvalue weighted by molar-refractivity contribution is 0.0748. The predicted octanol–water partition coefficient (Wildman–Crippen LogP) is 5.03. The van der Waals surface area contributed by atoms with Crippen molar-refractivity contribution < 1.29 is 15.0 Å². The van der Waals surface area contributed by atoms with Gasteiger partial charge in [0.15, 0.2) is 0 Å². The summed E-state index contributed by atoms with van der Waals surface area (Å²) in [4.78, 5) is 20.1. The molecule has 2 heterocycles. The van der Waals surface area contributed by atoms with Crippen molar-refractivity contribution in [1.82, 2.24) is 14.7 Å². The molecule has 4 rings (SSSR count). The van der Waals surface area contributed by atoms with Crippen molar-refractivity contribution in [2.45, 2.75) is 64.4 Å². The number of hydrogen-bond donors (Lipinski definition) is 2. The number of benzene rings is 2. The molecule has 2 aromatic carbocycles. The van der Waals surface area contributed by atoms with Crippen LogP contribution in [0.5, 0.6) is 11.5 Å². The normalized spacial score (nSPS) is 17.1. The average molecular weight is 512 g/mol. The molecular weight excluding hydrogens is 470 g/mol. The Kier molecular flexibility index (Phi) is 8.22. The van der Waals surface area contributed by atoms with Crippen LogP contribution in [-0.2, 0) is 19.6 Å². The minimum atomic E-state index is -0.201. The highest BCUT2D eigenvalue weighted by Crippen LogP contribution is 2.34. The summed E-state index contributed by atoms with van der Waals surface area (Å²) < 4.78 is 0.342. The summed E-state index contributed by atoms with van der Waals surface area (Å²) in [6, 6.07) is 9.50. The molecule has 0 bridgehead atoms. The Labute approximate surface area is 220 Å². The van der Waals surface area contributed by atoms with Crippen molar-refractivity contribution in [3.63, 3.8) is 0 Å². The van der Waals surface area contributed by atoms with E-state index in [0.717, 1.165) is 38.3 Å². The molecule has 1 amide bonds. The van der Waals surface area contributed by atoms with Gasteiger partial charge in [-0.15, -0.1) is 0 Å². The smallest absolute Gasteiger partial charge is 0.258 e. The summed E-state index contributed by atoms with van der Waals surface area (Å²) in [5, 5.41) is 20.5. The predicted molar refractivity (Wildman–Crippen MR) is 148 cm³/mol. The van der Waals surface area contributed by atoms with E-state index in [1.807, 2.05) is 25.6 Å². The molecule has 0 aromatic heterocycles. The van der Waals surface area contributed by atoms with Crippen LogP contribution in [0.1, 0.15) is 72.6 Å². The Morgan fingerprint density at radius 1 is 0.972 bits per heavy atom. The van der Waals surface area contributed by atoms with Crippen LogP contribution in [0.25, 0.3) is 0 Å². The van der Waals surface area contributed by atoms with Crippen molar-refractivity contribution in [3.8, 4) is 11.5 Å². The largest absolute Gasteiger partial charge is 0.508 e. The third-order valence-electron chi connectivity index (χ3n) is 7.73. The van der Waals surface area contributed by atoms with E-state index in [1.54, 1.807) is 11.0 Å². The maximum atomic E-state index is 13.3. The van der Waals surface area contributed by atoms with Gasteiger partial charge < -0.3 is 20.0 Å². The van der Waals surface area contributed by atoms with E-state index >= 15 is 0 Å². The number of piperazine rings is 1. The quantitative estimate of drug-likeness (QED) is 0.518. The second-order valence-corrected chi connectivity index (χ2v) is 12.7. The van der Waals surface area contributed by atoms with Gasteiger partial charge in [-0.3, -0.25) is 9.69 Å². The number of thioether (sulfide) groups is 1. The van der Waals surface area contributed by atoms with Gasteiger partial charge >= 0.3 is 0 Å². The van der Waals surface area contributed by atoms with Crippen molar-refractivity contribution in [2.24, 2.45) is 0 Å². The Bertz CT molecular complexity index is 1090. The van der Waals surface area contributed by atoms with E-state index in [2.05, 4.69) is 48.1 Å². The van der Waals surface area contributed by atoms with Crippen molar-refractivity contribution in [1.29, 1.82) is 0 Å². The first-order chi connectivity index (χ1) is 17.1. The second kappa shape index (κ2) is 11.0. The zero-order valence-corrected chi connectivity index (χ0v) is 23.2. The molecule has 2 aliphatic heterocycles. The summed E-state index contributed by atoms with van der Waals surface area (Å²) in [6.07, 6.45) is 3.42. The monoisotopic (exact) mass is 511 g/mol. The number of rotatable bonds is 8. The topological polar surface area (TPSA) is 67.2 Å². The molecule has 1 fully saturated rings. The van der Waals surface area contributed by atoms with Crippen LogP contribution < -0.4 is 0 Å². The minimum absolute atomic E-state index is 0.0260. The summed E-state index contributed by atoms with van der Waals surface area (Å²) >= 11 is 1.95. The van der Waals surface area contributed by atoms with E-state index in [4.69, 9.17) is 0 Å². The summed E-state index contributed by atoms with van der Waals surface area (Å²) in [5.74, 6) is -0.291. The Hall–Kier alpha value is -2.22. The molecule has 1 saturated heterocycles. The molecule has 2 aromatic rings. The molecule has 0 saturated carbocycles. The zero-order valence-electron chi connectivity index (χ0n) is 22.4. The molecule has 0 atom stereocenters. The highest BCUT2D eigenvalue weighted by molar-refractivity contribution is 7.99. The van der Waals surface area contributed by atoms with Gasteiger partial charge in [-0.05, 0) is 53.5 Å². The van der Waals surface area contributed by atoms with Gasteiger partial charge in [0, 0.05) is 56.6 Å². The van der Waals surface area contributed by atoms with Gasteiger partial charge in [0.25, 0.3) is 5.91 Å². The number of phenolic OH excluding ortho intramolecular Hbond substituents is 2. The number of hydrogen-bond acceptors (Lipinski definition) is 6. The summed E-state index contributed by atoms with van der Waals surface area (Å²) in [7, 11) is 0. The lowest BCUT2D eigenvalue weighted by atomic mass is 9.98. The Balaban J connectivity index is 1.34. The summed E-state index contributed by atoms with van der Waals surface area (Å²) in [6.45, 7) is 16.1. The van der Waals surface area contributed by atoms with Crippen molar-refractivity contribution in [2.75, 3.05) is 39.0 Å². The minimum Gasteiger partial charge on any atom is -0.508 e. The number of carbonyl (C=O) groups is 1. The van der Waals surface area contributed by atoms with Crippen molar-refractivity contribution in [3.05, 3.63) is 58.1 Å². The first kappa shape index (κ1) is 26.8. The number of carbonyl (C=O) groups excluding carboxylic acids is 1. The number of aromatic hydroxyl groups is 2. The van der Waals surface area contributed by atoms with Crippen LogP contribution >= 0.6 is 11.8 Å². The molecule has 0 aliphatic carbocycles. The molecule has 2 aliphatic rings. The molecule has 2 N–H and O–H groups in total. The number of phenols is 2. The molecular formula is C29H41N3O3S. The summed E-state index contributed by atoms with van der Waals surface area (Å²) in [5.41, 5.74) is 4.55. The van der Waals surface area contributed by atoms with E-state index in [0.29, 0.717) is 23.4 Å². The maximum absolute atomic E-state index is 13.3. The van der Waals surface area contributed by atoms with E-state index in [1.165, 1.54) is 30.2 Å². The second-order valence-electron chi connectivity index (χ2n) is 11.2. The van der Waals surface area contributed by atoms with Gasteiger partial charge in [0.05, 0.1) is 5.56 Å². The van der Waals surface area contributed by atoms with Gasteiger partial charge in [-0.25, -0.2) is 0 Å². The number of nitrogens with zero attached hydrogens (tertiary/aromatic N) is 3. The van der Waals surface area contributed by atoms with Gasteiger partial charge in [-0.1, -0.05) is 45.9 Å². The number of fused-ring (bicyclic) bond motifs is 1. The third kappa shape index (κ3) is 6.18. The van der Waals surface area contributed by atoms with E-state index < -0.39 is 0 Å². The van der Waals surface area contributed by atoms with Gasteiger partial charge in [0.1, 0.15) is 11.5 Å². The fourth-order valence-electron chi connectivity index (χ4n) is 5.05. The molecule has 6 nitrogen and oxygen atoms in total. The lowest BCUT2D eigenvalue weighted by Gasteiger charge is -2.36. The fraction of sp³-hybridized carbons (Fsp3) is 0.552. The molecule has 36 heavy (non-hydrogen) atoms. The van der Waals surface area contributed by atoms with Crippen LogP contribution in [0.2, 0.25) is 0 Å². The van der Waals surface area contributed by atoms with Crippen LogP contribution in [-0.4, -0.2) is 74.5 Å². The van der Waals surface area contributed by atoms with Gasteiger partial charge in [-0.2, -0.15) is 11.8 Å². The van der Waals surface area contributed by atoms with E-state index in [9.17, 15) is 15.0 Å². The molecule has 196 valence electrons. The van der Waals surface area contributed by atoms with Gasteiger partial charge in [0.2, 0.25) is 0 Å². The standard InChI is InChI=1S/C29H41N3O3S/c1-20(2)24-15-25(27(34)16-26(24)33)28(35)32-18-22-7-6-21(14-23(22)19-32)17-31-12-10-30(11-13-31)9-8-29(3,4)36-5/h6-7,14-16,20,33-34H,8-13,17-19H2,1-5H3. The average Bonchev–Trinajstić information content (AvgIpc) is 3.27. The first-order valence-corrected chi connectivity index (χ1v) is 14.2. The van der Waals surface area contributed by atoms with Crippen LogP contribution in [0.4, 0.5) is 0 Å². The van der Waals surface area contributed by atoms with Crippen LogP contribution in [0.3, 0.4) is 0 Å². The van der Waals surface area contributed by atoms with Crippen molar-refractivity contribution >= 4 is 17.7 Å². The zero-order chi connectivity index (χ0) is 26.0. The third-order valence-corrected chi connectivity index (χ3v) is 9.04. The molecule has 0 radical (unpaired) electrons. The first-order valence-electron chi connectivity index (χ1n) is 13.0. The highest BCUT2D eigenvalue weighted by Gasteiger charge is 2.28.